The molecule has 4 atom stereocenters. The number of thiocarbonyl (C=S) groups is 1. The number of aryl methyl sites for hydroxylation is 1. The molecule has 2 saturated carbocycles. The van der Waals surface area contributed by atoms with Crippen LogP contribution < -0.4 is 10.5 Å². The summed E-state index contributed by atoms with van der Waals surface area (Å²) in [5.41, 5.74) is 6.61. The number of thioether (sulfide) groups is 1. The van der Waals surface area contributed by atoms with Crippen molar-refractivity contribution >= 4 is 52.2 Å². The van der Waals surface area contributed by atoms with Crippen molar-refractivity contribution in [3.05, 3.63) is 40.5 Å². The molecule has 1 aromatic carbocycles. The third-order valence-electron chi connectivity index (χ3n) is 8.12. The number of ether oxygens (including phenoxy) is 2. The molecular weight excluding hydrogens is 564 g/mol. The third kappa shape index (κ3) is 6.46. The number of phenolic OH excluding ortho intramolecular Hbond substituents is 1. The van der Waals surface area contributed by atoms with Crippen LogP contribution in [0.3, 0.4) is 0 Å². The van der Waals surface area contributed by atoms with Gasteiger partial charge in [0, 0.05) is 30.2 Å². The zero-order valence-corrected chi connectivity index (χ0v) is 24.7. The molecule has 11 heteroatoms. The molecule has 2 bridgehead atoms. The quantitative estimate of drug-likeness (QED) is 0.158. The molecule has 0 radical (unpaired) electrons. The van der Waals surface area contributed by atoms with Crippen LogP contribution in [0.25, 0.3) is 17.4 Å². The molecule has 2 aliphatic carbocycles. The molecule has 218 valence electrons. The highest BCUT2D eigenvalue weighted by atomic mass is 32.2. The predicted molar refractivity (Wildman–Crippen MR) is 159 cm³/mol. The van der Waals surface area contributed by atoms with E-state index in [0.29, 0.717) is 56.7 Å². The first kappa shape index (κ1) is 29.2. The molecule has 41 heavy (non-hydrogen) atoms. The lowest BCUT2D eigenvalue weighted by molar-refractivity contribution is -0.149. The minimum Gasteiger partial charge on any atom is -0.508 e. The topological polar surface area (TPSA) is 132 Å². The van der Waals surface area contributed by atoms with Gasteiger partial charge in [0.2, 0.25) is 5.91 Å². The van der Waals surface area contributed by atoms with Crippen LogP contribution in [-0.2, 0) is 25.5 Å². The number of carbonyl (C=O) groups excluding carboxylic acids is 3. The smallest absolute Gasteiger partial charge is 0.309 e. The summed E-state index contributed by atoms with van der Waals surface area (Å²) in [6.07, 6.45) is 7.23. The van der Waals surface area contributed by atoms with E-state index < -0.39 is 17.8 Å². The van der Waals surface area contributed by atoms with E-state index in [1.54, 1.807) is 25.1 Å². The van der Waals surface area contributed by atoms with Gasteiger partial charge in [-0.05, 0) is 67.7 Å². The average molecular weight is 599 g/mol. The van der Waals surface area contributed by atoms with Crippen LogP contribution >= 0.6 is 24.0 Å². The van der Waals surface area contributed by atoms with E-state index in [9.17, 15) is 19.5 Å². The number of phenols is 1. The van der Waals surface area contributed by atoms with Crippen LogP contribution in [-0.4, -0.2) is 51.9 Å². The number of benzene rings is 1. The van der Waals surface area contributed by atoms with E-state index in [1.807, 2.05) is 11.0 Å². The number of methoxy groups -OCH3 is 1. The molecule has 2 amide bonds. The van der Waals surface area contributed by atoms with Crippen molar-refractivity contribution in [2.45, 2.75) is 57.9 Å². The van der Waals surface area contributed by atoms with Gasteiger partial charge in [-0.15, -0.1) is 0 Å². The summed E-state index contributed by atoms with van der Waals surface area (Å²) in [5, 5.41) is 10.2. The van der Waals surface area contributed by atoms with Crippen molar-refractivity contribution in [1.29, 1.82) is 0 Å². The van der Waals surface area contributed by atoms with Crippen molar-refractivity contribution in [3.63, 3.8) is 0 Å². The van der Waals surface area contributed by atoms with Gasteiger partial charge in [0.25, 0.3) is 5.91 Å². The number of nitrogens with zero attached hydrogens (tertiary/aromatic N) is 1. The molecule has 3 N–H and O–H groups in total. The zero-order chi connectivity index (χ0) is 29.3. The minimum absolute atomic E-state index is 0.0302. The second-order valence-electron chi connectivity index (χ2n) is 11.1. The summed E-state index contributed by atoms with van der Waals surface area (Å²) in [6, 6.07) is 6.86. The monoisotopic (exact) mass is 598 g/mol. The lowest BCUT2D eigenvalue weighted by Gasteiger charge is -2.30. The molecular formula is C30H34N2O7S2. The fourth-order valence-corrected chi connectivity index (χ4v) is 7.47. The number of hydrogen-bond acceptors (Lipinski definition) is 9. The second-order valence-corrected chi connectivity index (χ2v) is 12.7. The number of hydrogen-bond donors (Lipinski definition) is 2. The van der Waals surface area contributed by atoms with E-state index in [0.717, 1.165) is 18.4 Å². The van der Waals surface area contributed by atoms with Crippen molar-refractivity contribution < 1.29 is 33.4 Å². The van der Waals surface area contributed by atoms with E-state index in [1.165, 1.54) is 37.8 Å². The van der Waals surface area contributed by atoms with Crippen LogP contribution in [0.15, 0.2) is 33.6 Å². The highest BCUT2D eigenvalue weighted by Crippen LogP contribution is 2.49. The highest BCUT2D eigenvalue weighted by Gasteiger charge is 2.48. The largest absolute Gasteiger partial charge is 0.508 e. The number of amides is 2. The molecule has 4 unspecified atom stereocenters. The molecule has 1 saturated heterocycles. The van der Waals surface area contributed by atoms with Gasteiger partial charge in [0.15, 0.2) is 0 Å². The number of furan rings is 1. The van der Waals surface area contributed by atoms with Crippen molar-refractivity contribution in [1.82, 2.24) is 4.90 Å². The molecule has 0 spiro atoms. The first-order chi connectivity index (χ1) is 19.6. The molecule has 3 aliphatic rings. The number of esters is 1. The van der Waals surface area contributed by atoms with Gasteiger partial charge >= 0.3 is 5.97 Å². The summed E-state index contributed by atoms with van der Waals surface area (Å²) in [4.78, 5) is 39.1. The van der Waals surface area contributed by atoms with Crippen molar-refractivity contribution in [3.8, 4) is 22.8 Å². The Morgan fingerprint density at radius 3 is 2.76 bits per heavy atom. The summed E-state index contributed by atoms with van der Waals surface area (Å²) >= 11 is 6.95. The highest BCUT2D eigenvalue weighted by molar-refractivity contribution is 8.26. The number of carbonyl (C=O) groups is 3. The molecule has 3 fully saturated rings. The molecule has 2 heterocycles. The zero-order valence-electron chi connectivity index (χ0n) is 23.1. The Morgan fingerprint density at radius 1 is 1.27 bits per heavy atom. The van der Waals surface area contributed by atoms with Crippen LogP contribution in [0.2, 0.25) is 0 Å². The summed E-state index contributed by atoms with van der Waals surface area (Å²) in [5.74, 6) is 0.976. The van der Waals surface area contributed by atoms with Crippen LogP contribution in [0.1, 0.15) is 56.8 Å². The van der Waals surface area contributed by atoms with Gasteiger partial charge in [0.1, 0.15) is 27.3 Å². The Balaban J connectivity index is 1.36. The lowest BCUT2D eigenvalue weighted by atomic mass is 9.94. The summed E-state index contributed by atoms with van der Waals surface area (Å²) in [7, 11) is 1.52. The maximum absolute atomic E-state index is 13.5. The molecule has 1 aliphatic heterocycles. The van der Waals surface area contributed by atoms with E-state index in [4.69, 9.17) is 31.8 Å². The van der Waals surface area contributed by atoms with Crippen LogP contribution in [0.5, 0.6) is 11.5 Å². The first-order valence-corrected chi connectivity index (χ1v) is 15.1. The van der Waals surface area contributed by atoms with Gasteiger partial charge in [-0.3, -0.25) is 19.3 Å². The van der Waals surface area contributed by atoms with E-state index in [2.05, 4.69) is 0 Å². The van der Waals surface area contributed by atoms with Gasteiger partial charge in [-0.2, -0.15) is 0 Å². The SMILES string of the molecule is COc1cc(O)cc(-c2cc(CCCOC(=O)C(C)CC(N)=O)c(C=C3SC(=S)N(C4CC5CCC4C5)C3=O)o2)c1. The van der Waals surface area contributed by atoms with Crippen LogP contribution in [0, 0.1) is 17.8 Å². The first-order valence-electron chi connectivity index (χ1n) is 13.9. The number of fused-ring (bicyclic) bond motifs is 2. The van der Waals surface area contributed by atoms with Gasteiger partial charge in [-0.1, -0.05) is 37.3 Å². The van der Waals surface area contributed by atoms with Gasteiger partial charge < -0.3 is 24.7 Å². The summed E-state index contributed by atoms with van der Waals surface area (Å²) < 4.78 is 17.5. The fourth-order valence-electron chi connectivity index (χ4n) is 6.12. The Morgan fingerprint density at radius 2 is 2.07 bits per heavy atom. The van der Waals surface area contributed by atoms with E-state index in [-0.39, 0.29) is 30.7 Å². The van der Waals surface area contributed by atoms with E-state index >= 15 is 0 Å². The summed E-state index contributed by atoms with van der Waals surface area (Å²) in [6.45, 7) is 1.75. The Kier molecular flexibility index (Phi) is 8.74. The predicted octanol–water partition coefficient (Wildman–Crippen LogP) is 5.04. The number of aromatic hydroxyl groups is 1. The standard InChI is InChI=1S/C30H34N2O7S2/c1-16(8-27(31)34)29(36)38-7-3-4-19-13-24(20-11-21(33)14-22(12-20)37-2)39-25(19)15-26-28(35)32(30(40)41-26)23-10-17-5-6-18(23)9-17/h11-18,23,33H,3-10H2,1-2H3,(H2,31,34). The third-order valence-corrected chi connectivity index (χ3v) is 9.45. The average Bonchev–Trinajstić information content (AvgIpc) is 3.70. The molecule has 1 aromatic heterocycles. The number of nitrogens with two attached hydrogens (primary N) is 1. The fraction of sp³-hybridized carbons (Fsp3) is 0.467. The van der Waals surface area contributed by atoms with Gasteiger partial charge in [0.05, 0.1) is 24.5 Å². The van der Waals surface area contributed by atoms with Gasteiger partial charge in [-0.25, -0.2) is 0 Å². The molecule has 9 nitrogen and oxygen atoms in total. The normalized spacial score (nSPS) is 23.4. The van der Waals surface area contributed by atoms with Crippen molar-refractivity contribution in [2.75, 3.05) is 13.7 Å². The Hall–Kier alpha value is -3.31. The molecule has 2 aromatic rings. The van der Waals surface area contributed by atoms with Crippen molar-refractivity contribution in [2.24, 2.45) is 23.5 Å². The Labute approximate surface area is 248 Å². The molecule has 5 rings (SSSR count). The second kappa shape index (κ2) is 12.3. The number of rotatable bonds is 11. The van der Waals surface area contributed by atoms with Crippen LogP contribution in [0.4, 0.5) is 0 Å². The lowest BCUT2D eigenvalue weighted by Crippen LogP contribution is -2.41. The Bertz CT molecular complexity index is 1400. The number of primary amides is 1. The minimum atomic E-state index is -0.610. The maximum atomic E-state index is 13.5. The maximum Gasteiger partial charge on any atom is 0.309 e.